The van der Waals surface area contributed by atoms with Crippen molar-refractivity contribution in [1.29, 1.82) is 0 Å². The van der Waals surface area contributed by atoms with Crippen LogP contribution < -0.4 is 0 Å². The predicted octanol–water partition coefficient (Wildman–Crippen LogP) is 3.60. The maximum Gasteiger partial charge on any atom is 0.0880 e. The average molecular weight is 233 g/mol. The van der Waals surface area contributed by atoms with E-state index in [1.807, 2.05) is 0 Å². The fourth-order valence-corrected chi connectivity index (χ4v) is 2.56. The number of benzene rings is 2. The molecule has 86 valence electrons. The Bertz CT molecular complexity index is 718. The van der Waals surface area contributed by atoms with Gasteiger partial charge in [0, 0.05) is 10.5 Å². The van der Waals surface area contributed by atoms with Crippen LogP contribution in [0.1, 0.15) is 16.7 Å². The highest BCUT2D eigenvalue weighted by Gasteiger charge is 2.14. The summed E-state index contributed by atoms with van der Waals surface area (Å²) in [6.07, 6.45) is 2.25. The smallest absolute Gasteiger partial charge is 0.0880 e. The SMILES string of the molecule is [N-]=[N+]=NCC#Cc1ccc2c3c(cccc13)CC2. The largest absolute Gasteiger partial charge is 0.0919 e. The van der Waals surface area contributed by atoms with Gasteiger partial charge in [-0.1, -0.05) is 41.2 Å². The molecule has 0 fully saturated rings. The Morgan fingerprint density at radius 3 is 2.83 bits per heavy atom. The Morgan fingerprint density at radius 1 is 1.17 bits per heavy atom. The molecule has 0 saturated heterocycles. The van der Waals surface area contributed by atoms with Crippen molar-refractivity contribution in [3.8, 4) is 11.8 Å². The lowest BCUT2D eigenvalue weighted by Crippen LogP contribution is -1.84. The average Bonchev–Trinajstić information content (AvgIpc) is 2.82. The van der Waals surface area contributed by atoms with Crippen molar-refractivity contribution in [3.05, 3.63) is 57.5 Å². The molecule has 1 aliphatic carbocycles. The highest BCUT2D eigenvalue weighted by Crippen LogP contribution is 2.32. The summed E-state index contributed by atoms with van der Waals surface area (Å²) in [7, 11) is 0. The van der Waals surface area contributed by atoms with E-state index in [4.69, 9.17) is 5.53 Å². The second-order valence-corrected chi connectivity index (χ2v) is 4.30. The van der Waals surface area contributed by atoms with Crippen molar-refractivity contribution in [3.63, 3.8) is 0 Å². The van der Waals surface area contributed by atoms with E-state index >= 15 is 0 Å². The van der Waals surface area contributed by atoms with Crippen LogP contribution in [0.4, 0.5) is 0 Å². The molecule has 2 aromatic carbocycles. The minimum Gasteiger partial charge on any atom is -0.0919 e. The first-order valence-corrected chi connectivity index (χ1v) is 5.93. The summed E-state index contributed by atoms with van der Waals surface area (Å²) in [5, 5.41) is 6.01. The molecule has 0 radical (unpaired) electrons. The molecule has 0 spiro atoms. The molecule has 0 aliphatic heterocycles. The molecule has 18 heavy (non-hydrogen) atoms. The van der Waals surface area contributed by atoms with E-state index in [9.17, 15) is 0 Å². The number of azide groups is 1. The molecule has 0 heterocycles. The molecule has 3 rings (SSSR count). The number of aryl methyl sites for hydroxylation is 2. The third-order valence-electron chi connectivity index (χ3n) is 3.31. The summed E-state index contributed by atoms with van der Waals surface area (Å²) in [5.41, 5.74) is 12.1. The molecule has 0 atom stereocenters. The van der Waals surface area contributed by atoms with Crippen LogP contribution in [0.5, 0.6) is 0 Å². The van der Waals surface area contributed by atoms with Gasteiger partial charge in [-0.3, -0.25) is 0 Å². The Morgan fingerprint density at radius 2 is 2.00 bits per heavy atom. The Balaban J connectivity index is 2.14. The third-order valence-corrected chi connectivity index (χ3v) is 3.31. The molecule has 0 saturated carbocycles. The number of rotatable bonds is 1. The van der Waals surface area contributed by atoms with E-state index in [0.29, 0.717) is 0 Å². The van der Waals surface area contributed by atoms with Gasteiger partial charge in [0.15, 0.2) is 0 Å². The standard InChI is InChI=1S/C15H11N3/c16-18-17-10-2-4-11-6-7-13-9-8-12-3-1-5-14(11)15(12)13/h1,3,5-7H,8-10H2. The van der Waals surface area contributed by atoms with Crippen molar-refractivity contribution in [2.45, 2.75) is 12.8 Å². The maximum atomic E-state index is 8.21. The first-order chi connectivity index (χ1) is 8.90. The van der Waals surface area contributed by atoms with Gasteiger partial charge in [0.05, 0.1) is 6.54 Å². The van der Waals surface area contributed by atoms with Gasteiger partial charge in [0.25, 0.3) is 0 Å². The number of hydrogen-bond donors (Lipinski definition) is 0. The molecule has 3 nitrogen and oxygen atoms in total. The summed E-state index contributed by atoms with van der Waals surface area (Å²) in [6.45, 7) is 0.222. The van der Waals surface area contributed by atoms with Gasteiger partial charge in [-0.05, 0) is 46.3 Å². The fourth-order valence-electron chi connectivity index (χ4n) is 2.56. The van der Waals surface area contributed by atoms with Crippen molar-refractivity contribution in [2.75, 3.05) is 6.54 Å². The summed E-state index contributed by atoms with van der Waals surface area (Å²) < 4.78 is 0. The van der Waals surface area contributed by atoms with Crippen LogP contribution in [0.25, 0.3) is 21.2 Å². The van der Waals surface area contributed by atoms with Gasteiger partial charge in [-0.2, -0.15) is 0 Å². The molecule has 0 N–H and O–H groups in total. The van der Waals surface area contributed by atoms with Crippen LogP contribution in [0.15, 0.2) is 35.4 Å². The zero-order valence-electron chi connectivity index (χ0n) is 9.85. The lowest BCUT2D eigenvalue weighted by atomic mass is 10.0. The van der Waals surface area contributed by atoms with Crippen LogP contribution in [0.3, 0.4) is 0 Å². The molecular formula is C15H11N3. The van der Waals surface area contributed by atoms with E-state index in [0.717, 1.165) is 18.4 Å². The Hall–Kier alpha value is -2.43. The monoisotopic (exact) mass is 233 g/mol. The second kappa shape index (κ2) is 4.44. The Labute approximate surface area is 105 Å². The number of hydrogen-bond acceptors (Lipinski definition) is 1. The summed E-state index contributed by atoms with van der Waals surface area (Å²) >= 11 is 0. The van der Waals surface area contributed by atoms with Gasteiger partial charge in [-0.15, -0.1) is 0 Å². The predicted molar refractivity (Wildman–Crippen MR) is 72.2 cm³/mol. The minimum absolute atomic E-state index is 0.222. The van der Waals surface area contributed by atoms with Crippen molar-refractivity contribution >= 4 is 10.8 Å². The van der Waals surface area contributed by atoms with Crippen LogP contribution in [0, 0.1) is 11.8 Å². The molecule has 0 amide bonds. The zero-order valence-corrected chi connectivity index (χ0v) is 9.85. The van der Waals surface area contributed by atoms with Crippen LogP contribution in [-0.2, 0) is 12.8 Å². The minimum atomic E-state index is 0.222. The van der Waals surface area contributed by atoms with Gasteiger partial charge in [-0.25, -0.2) is 0 Å². The van der Waals surface area contributed by atoms with Crippen molar-refractivity contribution < 1.29 is 0 Å². The van der Waals surface area contributed by atoms with Crippen LogP contribution >= 0.6 is 0 Å². The lowest BCUT2D eigenvalue weighted by molar-refractivity contribution is 1.02. The van der Waals surface area contributed by atoms with E-state index in [1.165, 1.54) is 21.9 Å². The first kappa shape index (κ1) is 10.7. The summed E-state index contributed by atoms with van der Waals surface area (Å²) in [4.78, 5) is 2.69. The van der Waals surface area contributed by atoms with Gasteiger partial charge < -0.3 is 0 Å². The lowest BCUT2D eigenvalue weighted by Gasteiger charge is -2.03. The highest BCUT2D eigenvalue weighted by atomic mass is 15.1. The van der Waals surface area contributed by atoms with Gasteiger partial charge >= 0.3 is 0 Å². The zero-order chi connectivity index (χ0) is 12.4. The summed E-state index contributed by atoms with van der Waals surface area (Å²) in [6, 6.07) is 10.6. The maximum absolute atomic E-state index is 8.21. The molecule has 0 bridgehead atoms. The third kappa shape index (κ3) is 1.69. The van der Waals surface area contributed by atoms with Crippen molar-refractivity contribution in [2.24, 2.45) is 5.11 Å². The second-order valence-electron chi connectivity index (χ2n) is 4.30. The molecule has 0 unspecified atom stereocenters. The van der Waals surface area contributed by atoms with Gasteiger partial charge in [0.2, 0.25) is 0 Å². The van der Waals surface area contributed by atoms with Gasteiger partial charge in [0.1, 0.15) is 0 Å². The molecule has 0 aromatic heterocycles. The highest BCUT2D eigenvalue weighted by molar-refractivity contribution is 5.94. The van der Waals surface area contributed by atoms with E-state index in [-0.39, 0.29) is 6.54 Å². The van der Waals surface area contributed by atoms with E-state index in [1.54, 1.807) is 0 Å². The molecule has 2 aromatic rings. The summed E-state index contributed by atoms with van der Waals surface area (Å²) in [5.74, 6) is 5.97. The first-order valence-electron chi connectivity index (χ1n) is 5.93. The Kier molecular flexibility index (Phi) is 2.64. The molecule has 3 heteroatoms. The quantitative estimate of drug-likeness (QED) is 0.313. The number of nitrogens with zero attached hydrogens (tertiary/aromatic N) is 3. The molecular weight excluding hydrogens is 222 g/mol. The van der Waals surface area contributed by atoms with E-state index in [2.05, 4.69) is 52.2 Å². The topological polar surface area (TPSA) is 48.8 Å². The van der Waals surface area contributed by atoms with Crippen LogP contribution in [0.2, 0.25) is 0 Å². The fraction of sp³-hybridized carbons (Fsp3) is 0.200. The van der Waals surface area contributed by atoms with E-state index < -0.39 is 0 Å². The molecule has 1 aliphatic rings. The normalized spacial score (nSPS) is 11.8. The van der Waals surface area contributed by atoms with Crippen molar-refractivity contribution in [1.82, 2.24) is 0 Å². The van der Waals surface area contributed by atoms with Crippen LogP contribution in [-0.4, -0.2) is 6.54 Å².